The number of carbonyl (C=O) groups is 2. The number of halogens is 1. The fourth-order valence-electron chi connectivity index (χ4n) is 1.79. The Morgan fingerprint density at radius 1 is 1.33 bits per heavy atom. The summed E-state index contributed by atoms with van der Waals surface area (Å²) in [5.74, 6) is -0.810. The number of hydrogen-bond donors (Lipinski definition) is 1. The van der Waals surface area contributed by atoms with Gasteiger partial charge < -0.3 is 10.6 Å². The van der Waals surface area contributed by atoms with Crippen LogP contribution in [-0.4, -0.2) is 35.3 Å². The van der Waals surface area contributed by atoms with Crippen LogP contribution in [0.25, 0.3) is 10.6 Å². The first-order valence-corrected chi connectivity index (χ1v) is 7.35. The van der Waals surface area contributed by atoms with E-state index >= 15 is 0 Å². The highest BCUT2D eigenvalue weighted by atomic mass is 35.5. The molecule has 0 aliphatic heterocycles. The Morgan fingerprint density at radius 2 is 1.95 bits per heavy atom. The van der Waals surface area contributed by atoms with Crippen LogP contribution < -0.4 is 5.73 Å². The summed E-state index contributed by atoms with van der Waals surface area (Å²) < 4.78 is 0. The van der Waals surface area contributed by atoms with Gasteiger partial charge in [0.25, 0.3) is 5.91 Å². The van der Waals surface area contributed by atoms with Crippen molar-refractivity contribution in [2.75, 3.05) is 13.6 Å². The summed E-state index contributed by atoms with van der Waals surface area (Å²) >= 11 is 7.14. The van der Waals surface area contributed by atoms with Gasteiger partial charge >= 0.3 is 0 Å². The molecule has 5 nitrogen and oxygen atoms in total. The molecule has 2 aromatic rings. The van der Waals surface area contributed by atoms with Crippen LogP contribution in [0.4, 0.5) is 0 Å². The molecule has 0 unspecified atom stereocenters. The molecule has 0 aliphatic carbocycles. The van der Waals surface area contributed by atoms with E-state index in [4.69, 9.17) is 17.3 Å². The summed E-state index contributed by atoms with van der Waals surface area (Å²) in [6, 6.07) is 7.24. The number of nitrogens with zero attached hydrogens (tertiary/aromatic N) is 2. The molecule has 0 aliphatic rings. The number of likely N-dealkylation sites (N-methyl/N-ethyl adjacent to an activating group) is 1. The predicted octanol–water partition coefficient (Wildman–Crippen LogP) is 2.33. The summed E-state index contributed by atoms with van der Waals surface area (Å²) in [5.41, 5.74) is 6.62. The molecular weight excluding hydrogens is 310 g/mol. The van der Waals surface area contributed by atoms with Crippen LogP contribution in [0.15, 0.2) is 24.3 Å². The number of aromatic nitrogens is 1. The average molecular weight is 324 g/mol. The highest BCUT2D eigenvalue weighted by Gasteiger charge is 2.20. The molecule has 110 valence electrons. The minimum atomic E-state index is -0.550. The molecule has 1 aromatic carbocycles. The molecule has 7 heteroatoms. The molecule has 0 radical (unpaired) electrons. The van der Waals surface area contributed by atoms with Crippen molar-refractivity contribution in [1.29, 1.82) is 0 Å². The smallest absolute Gasteiger partial charge is 0.266 e. The van der Waals surface area contributed by atoms with Crippen molar-refractivity contribution in [3.05, 3.63) is 39.9 Å². The van der Waals surface area contributed by atoms with Gasteiger partial charge in [0, 0.05) is 17.6 Å². The van der Waals surface area contributed by atoms with E-state index in [9.17, 15) is 9.59 Å². The van der Waals surface area contributed by atoms with E-state index in [-0.39, 0.29) is 12.5 Å². The fraction of sp³-hybridized carbons (Fsp3) is 0.214. The summed E-state index contributed by atoms with van der Waals surface area (Å²) in [7, 11) is 1.54. The van der Waals surface area contributed by atoms with E-state index < -0.39 is 5.91 Å². The third-order valence-corrected chi connectivity index (χ3v) is 4.27. The van der Waals surface area contributed by atoms with Crippen molar-refractivity contribution < 1.29 is 9.59 Å². The van der Waals surface area contributed by atoms with Gasteiger partial charge in [-0.1, -0.05) is 23.7 Å². The van der Waals surface area contributed by atoms with E-state index in [0.29, 0.717) is 15.6 Å². The highest BCUT2D eigenvalue weighted by Crippen LogP contribution is 2.29. The minimum absolute atomic E-state index is 0.119. The Bertz CT molecular complexity index is 682. The van der Waals surface area contributed by atoms with Crippen LogP contribution in [0.5, 0.6) is 0 Å². The Morgan fingerprint density at radius 3 is 2.52 bits per heavy atom. The largest absolute Gasteiger partial charge is 0.368 e. The lowest BCUT2D eigenvalue weighted by molar-refractivity contribution is -0.118. The second kappa shape index (κ2) is 6.24. The number of rotatable bonds is 4. The minimum Gasteiger partial charge on any atom is -0.368 e. The van der Waals surface area contributed by atoms with Crippen molar-refractivity contribution in [2.45, 2.75) is 6.92 Å². The number of amides is 2. The highest BCUT2D eigenvalue weighted by molar-refractivity contribution is 7.17. The number of nitrogens with two attached hydrogens (primary N) is 1. The first-order valence-electron chi connectivity index (χ1n) is 6.15. The van der Waals surface area contributed by atoms with Crippen LogP contribution in [0, 0.1) is 6.92 Å². The van der Waals surface area contributed by atoms with E-state index in [1.54, 1.807) is 19.1 Å². The molecule has 2 amide bonds. The van der Waals surface area contributed by atoms with E-state index in [2.05, 4.69) is 4.98 Å². The maximum Gasteiger partial charge on any atom is 0.266 e. The third kappa shape index (κ3) is 3.59. The predicted molar refractivity (Wildman–Crippen MR) is 83.5 cm³/mol. The van der Waals surface area contributed by atoms with E-state index in [1.807, 2.05) is 12.1 Å². The van der Waals surface area contributed by atoms with Crippen LogP contribution in [0.2, 0.25) is 5.02 Å². The lowest BCUT2D eigenvalue weighted by Crippen LogP contribution is -2.35. The van der Waals surface area contributed by atoms with Gasteiger partial charge in [-0.25, -0.2) is 4.98 Å². The third-order valence-electron chi connectivity index (χ3n) is 2.82. The monoisotopic (exact) mass is 323 g/mol. The first-order chi connectivity index (χ1) is 9.88. The number of primary amides is 1. The van der Waals surface area contributed by atoms with Crippen LogP contribution in [0.1, 0.15) is 15.4 Å². The van der Waals surface area contributed by atoms with Crippen molar-refractivity contribution in [3.8, 4) is 10.6 Å². The van der Waals surface area contributed by atoms with Gasteiger partial charge in [-0.2, -0.15) is 0 Å². The molecule has 0 atom stereocenters. The van der Waals surface area contributed by atoms with Gasteiger partial charge in [0.15, 0.2) is 0 Å². The molecule has 0 saturated heterocycles. The molecule has 1 heterocycles. The summed E-state index contributed by atoms with van der Waals surface area (Å²) in [6.07, 6.45) is 0. The van der Waals surface area contributed by atoms with Crippen LogP contribution >= 0.6 is 22.9 Å². The standard InChI is InChI=1S/C14H14ClN3O2S/c1-8-12(14(20)18(2)7-11(16)19)21-13(17-8)9-3-5-10(15)6-4-9/h3-6H,7H2,1-2H3,(H2,16,19). The maximum absolute atomic E-state index is 12.3. The summed E-state index contributed by atoms with van der Waals surface area (Å²) in [4.78, 5) is 29.4. The van der Waals surface area contributed by atoms with Crippen LogP contribution in [0.3, 0.4) is 0 Å². The van der Waals surface area contributed by atoms with Gasteiger partial charge in [0.05, 0.1) is 12.2 Å². The van der Waals surface area contributed by atoms with Gasteiger partial charge in [-0.05, 0) is 19.1 Å². The topological polar surface area (TPSA) is 76.3 Å². The van der Waals surface area contributed by atoms with Crippen molar-refractivity contribution in [3.63, 3.8) is 0 Å². The summed E-state index contributed by atoms with van der Waals surface area (Å²) in [5, 5.41) is 1.38. The van der Waals surface area contributed by atoms with Gasteiger partial charge in [0.2, 0.25) is 5.91 Å². The number of carbonyl (C=O) groups excluding carboxylic acids is 2. The second-order valence-corrected chi connectivity index (χ2v) is 6.00. The normalized spacial score (nSPS) is 10.4. The number of benzene rings is 1. The SMILES string of the molecule is Cc1nc(-c2ccc(Cl)cc2)sc1C(=O)N(C)CC(N)=O. The molecule has 0 saturated carbocycles. The van der Waals surface area contributed by atoms with Gasteiger partial charge in [-0.15, -0.1) is 11.3 Å². The number of thiazole rings is 1. The Balaban J connectivity index is 2.29. The van der Waals surface area contributed by atoms with Gasteiger partial charge in [-0.3, -0.25) is 9.59 Å². The zero-order valence-electron chi connectivity index (χ0n) is 11.6. The van der Waals surface area contributed by atoms with Gasteiger partial charge in [0.1, 0.15) is 9.88 Å². The lowest BCUT2D eigenvalue weighted by atomic mass is 10.2. The second-order valence-electron chi connectivity index (χ2n) is 4.57. The molecule has 0 fully saturated rings. The molecular formula is C14H14ClN3O2S. The molecule has 2 N–H and O–H groups in total. The van der Waals surface area contributed by atoms with Crippen molar-refractivity contribution >= 4 is 34.8 Å². The lowest BCUT2D eigenvalue weighted by Gasteiger charge is -2.13. The first kappa shape index (κ1) is 15.5. The molecule has 0 spiro atoms. The average Bonchev–Trinajstić information content (AvgIpc) is 2.80. The Labute approximate surface area is 131 Å². The zero-order valence-corrected chi connectivity index (χ0v) is 13.2. The molecule has 1 aromatic heterocycles. The maximum atomic E-state index is 12.3. The van der Waals surface area contributed by atoms with Crippen molar-refractivity contribution in [2.24, 2.45) is 5.73 Å². The number of aryl methyl sites for hydroxylation is 1. The quantitative estimate of drug-likeness (QED) is 0.938. The number of hydrogen-bond acceptors (Lipinski definition) is 4. The molecule has 0 bridgehead atoms. The van der Waals surface area contributed by atoms with Crippen molar-refractivity contribution in [1.82, 2.24) is 9.88 Å². The van der Waals surface area contributed by atoms with E-state index in [1.165, 1.54) is 23.3 Å². The molecule has 2 rings (SSSR count). The van der Waals surface area contributed by atoms with E-state index in [0.717, 1.165) is 10.6 Å². The molecule has 21 heavy (non-hydrogen) atoms. The Hall–Kier alpha value is -1.92. The summed E-state index contributed by atoms with van der Waals surface area (Å²) in [6.45, 7) is 1.65. The van der Waals surface area contributed by atoms with Crippen LogP contribution in [-0.2, 0) is 4.79 Å². The Kier molecular flexibility index (Phi) is 4.59. The zero-order chi connectivity index (χ0) is 15.6. The fourth-order valence-corrected chi connectivity index (χ4v) is 2.98.